The summed E-state index contributed by atoms with van der Waals surface area (Å²) >= 11 is 0. The van der Waals surface area contributed by atoms with Crippen molar-refractivity contribution in [2.45, 2.75) is 0 Å². The Morgan fingerprint density at radius 1 is 0.315 bits per heavy atom. The molecule has 54 heavy (non-hydrogen) atoms. The SMILES string of the molecule is c1ccc(-c2ccc(-c3ccc4c(c3)oc3c5ccccc5cc(N(c5ccc(-c6ccccc6)cc5)c5ccc(-c6ccccc6)cc5)c43)cc2)cc1. The smallest absolute Gasteiger partial charge is 0.145 e. The van der Waals surface area contributed by atoms with Gasteiger partial charge < -0.3 is 9.32 Å². The van der Waals surface area contributed by atoms with Gasteiger partial charge in [0.1, 0.15) is 11.2 Å². The van der Waals surface area contributed by atoms with Gasteiger partial charge in [-0.05, 0) is 92.4 Å². The first-order chi connectivity index (χ1) is 26.8. The van der Waals surface area contributed by atoms with Gasteiger partial charge in [-0.15, -0.1) is 0 Å². The minimum Gasteiger partial charge on any atom is -0.455 e. The molecule has 0 saturated carbocycles. The number of fused-ring (bicyclic) bond motifs is 5. The van der Waals surface area contributed by atoms with Crippen LogP contribution in [0.5, 0.6) is 0 Å². The molecular weight excluding hydrogens is 655 g/mol. The molecule has 0 unspecified atom stereocenters. The van der Waals surface area contributed by atoms with Crippen LogP contribution < -0.4 is 4.90 Å². The first-order valence-corrected chi connectivity index (χ1v) is 18.4. The predicted molar refractivity (Wildman–Crippen MR) is 228 cm³/mol. The van der Waals surface area contributed by atoms with E-state index in [9.17, 15) is 0 Å². The number of nitrogens with zero attached hydrogens (tertiary/aromatic N) is 1. The Morgan fingerprint density at radius 3 is 1.24 bits per heavy atom. The normalized spacial score (nSPS) is 11.3. The monoisotopic (exact) mass is 689 g/mol. The van der Waals surface area contributed by atoms with Gasteiger partial charge >= 0.3 is 0 Å². The molecule has 0 N–H and O–H groups in total. The summed E-state index contributed by atoms with van der Waals surface area (Å²) in [6, 6.07) is 75.7. The largest absolute Gasteiger partial charge is 0.455 e. The molecule has 0 amide bonds. The lowest BCUT2D eigenvalue weighted by molar-refractivity contribution is 0.673. The summed E-state index contributed by atoms with van der Waals surface area (Å²) in [4.78, 5) is 2.38. The van der Waals surface area contributed by atoms with E-state index in [1.165, 1.54) is 33.4 Å². The fourth-order valence-electron chi connectivity index (χ4n) is 7.73. The number of furan rings is 1. The van der Waals surface area contributed by atoms with E-state index in [4.69, 9.17) is 4.42 Å². The Balaban J connectivity index is 1.15. The molecule has 10 aromatic rings. The van der Waals surface area contributed by atoms with Crippen LogP contribution in [-0.4, -0.2) is 0 Å². The average Bonchev–Trinajstić information content (AvgIpc) is 3.65. The Kier molecular flexibility index (Phi) is 7.85. The Morgan fingerprint density at radius 2 is 0.722 bits per heavy atom. The summed E-state index contributed by atoms with van der Waals surface area (Å²) < 4.78 is 6.91. The van der Waals surface area contributed by atoms with Crippen molar-refractivity contribution in [3.8, 4) is 44.5 Å². The standard InChI is InChI=1S/C52H35NO/c1-4-12-36(13-5-1)39-20-22-42(23-21-39)43-28-33-48-50(35-43)54-52-47-19-11-10-18-44(47)34-49(51(48)52)53(45-29-24-40(25-30-45)37-14-6-2-7-15-37)46-31-26-41(27-32-46)38-16-8-3-9-17-38/h1-35H. The van der Waals surface area contributed by atoms with Crippen molar-refractivity contribution in [2.75, 3.05) is 4.90 Å². The van der Waals surface area contributed by atoms with Gasteiger partial charge in [-0.3, -0.25) is 0 Å². The summed E-state index contributed by atoms with van der Waals surface area (Å²) in [5.74, 6) is 0. The fourth-order valence-corrected chi connectivity index (χ4v) is 7.73. The molecule has 0 aliphatic carbocycles. The van der Waals surface area contributed by atoms with Crippen molar-refractivity contribution in [3.63, 3.8) is 0 Å². The van der Waals surface area contributed by atoms with Gasteiger partial charge in [0.25, 0.3) is 0 Å². The molecule has 1 aromatic heterocycles. The van der Waals surface area contributed by atoms with Crippen LogP contribution in [0.2, 0.25) is 0 Å². The molecule has 0 radical (unpaired) electrons. The van der Waals surface area contributed by atoms with E-state index in [-0.39, 0.29) is 0 Å². The van der Waals surface area contributed by atoms with Gasteiger partial charge in [-0.1, -0.05) is 170 Å². The van der Waals surface area contributed by atoms with Gasteiger partial charge in [0.15, 0.2) is 0 Å². The molecule has 0 fully saturated rings. The van der Waals surface area contributed by atoms with Crippen molar-refractivity contribution in [1.29, 1.82) is 0 Å². The van der Waals surface area contributed by atoms with Crippen LogP contribution in [0, 0.1) is 0 Å². The lowest BCUT2D eigenvalue weighted by Crippen LogP contribution is -2.10. The van der Waals surface area contributed by atoms with E-state index in [0.29, 0.717) is 0 Å². The number of anilines is 3. The van der Waals surface area contributed by atoms with Crippen LogP contribution in [0.3, 0.4) is 0 Å². The van der Waals surface area contributed by atoms with Gasteiger partial charge in [0, 0.05) is 22.1 Å². The van der Waals surface area contributed by atoms with Gasteiger partial charge in [-0.25, -0.2) is 0 Å². The van der Waals surface area contributed by atoms with Crippen LogP contribution in [0.1, 0.15) is 0 Å². The molecule has 254 valence electrons. The van der Waals surface area contributed by atoms with E-state index in [2.05, 4.69) is 217 Å². The molecule has 0 saturated heterocycles. The topological polar surface area (TPSA) is 16.4 Å². The van der Waals surface area contributed by atoms with Gasteiger partial charge in [0.05, 0.1) is 11.1 Å². The molecule has 1 heterocycles. The lowest BCUT2D eigenvalue weighted by atomic mass is 9.98. The van der Waals surface area contributed by atoms with Crippen molar-refractivity contribution in [1.82, 2.24) is 0 Å². The molecule has 0 bridgehead atoms. The van der Waals surface area contributed by atoms with Crippen molar-refractivity contribution >= 4 is 49.8 Å². The van der Waals surface area contributed by atoms with Crippen molar-refractivity contribution in [2.24, 2.45) is 0 Å². The molecule has 2 heteroatoms. The Labute approximate surface area is 314 Å². The lowest BCUT2D eigenvalue weighted by Gasteiger charge is -2.27. The highest BCUT2D eigenvalue weighted by molar-refractivity contribution is 6.22. The van der Waals surface area contributed by atoms with Crippen molar-refractivity contribution in [3.05, 3.63) is 212 Å². The quantitative estimate of drug-likeness (QED) is 0.166. The first kappa shape index (κ1) is 31.6. The maximum absolute atomic E-state index is 6.91. The number of rotatable bonds is 7. The highest BCUT2D eigenvalue weighted by Crippen LogP contribution is 2.47. The van der Waals surface area contributed by atoms with E-state index >= 15 is 0 Å². The van der Waals surface area contributed by atoms with E-state index in [1.54, 1.807) is 0 Å². The van der Waals surface area contributed by atoms with Crippen LogP contribution in [0.25, 0.3) is 77.2 Å². The minimum absolute atomic E-state index is 0.867. The average molecular weight is 690 g/mol. The molecular formula is C52H35NO. The highest BCUT2D eigenvalue weighted by atomic mass is 16.3. The summed E-state index contributed by atoms with van der Waals surface area (Å²) in [6.07, 6.45) is 0. The Hall–Kier alpha value is -7.16. The van der Waals surface area contributed by atoms with E-state index in [0.717, 1.165) is 60.9 Å². The maximum Gasteiger partial charge on any atom is 0.145 e. The second-order valence-electron chi connectivity index (χ2n) is 13.7. The predicted octanol–water partition coefficient (Wildman–Crippen LogP) is 14.9. The van der Waals surface area contributed by atoms with E-state index in [1.807, 2.05) is 0 Å². The molecule has 9 aromatic carbocycles. The number of hydrogen-bond donors (Lipinski definition) is 0. The molecule has 0 aliphatic heterocycles. The summed E-state index contributed by atoms with van der Waals surface area (Å²) in [7, 11) is 0. The fraction of sp³-hybridized carbons (Fsp3) is 0. The Bertz CT molecular complexity index is 2790. The first-order valence-electron chi connectivity index (χ1n) is 18.4. The summed E-state index contributed by atoms with van der Waals surface area (Å²) in [5.41, 5.74) is 14.4. The zero-order valence-electron chi connectivity index (χ0n) is 29.6. The zero-order valence-corrected chi connectivity index (χ0v) is 29.6. The van der Waals surface area contributed by atoms with Gasteiger partial charge in [0.2, 0.25) is 0 Å². The summed E-state index contributed by atoms with van der Waals surface area (Å²) in [5, 5.41) is 4.40. The third-order valence-corrected chi connectivity index (χ3v) is 10.5. The van der Waals surface area contributed by atoms with Crippen LogP contribution in [0.4, 0.5) is 17.1 Å². The third kappa shape index (κ3) is 5.71. The second-order valence-corrected chi connectivity index (χ2v) is 13.7. The number of benzene rings is 9. The molecule has 2 nitrogen and oxygen atoms in total. The number of hydrogen-bond acceptors (Lipinski definition) is 2. The zero-order chi connectivity index (χ0) is 35.8. The maximum atomic E-state index is 6.91. The van der Waals surface area contributed by atoms with Gasteiger partial charge in [-0.2, -0.15) is 0 Å². The second kappa shape index (κ2) is 13.4. The molecule has 0 spiro atoms. The third-order valence-electron chi connectivity index (χ3n) is 10.5. The molecule has 0 atom stereocenters. The minimum atomic E-state index is 0.867. The highest BCUT2D eigenvalue weighted by Gasteiger charge is 2.22. The van der Waals surface area contributed by atoms with Crippen LogP contribution in [0.15, 0.2) is 217 Å². The molecule has 10 rings (SSSR count). The van der Waals surface area contributed by atoms with Crippen LogP contribution >= 0.6 is 0 Å². The summed E-state index contributed by atoms with van der Waals surface area (Å²) in [6.45, 7) is 0. The molecule has 0 aliphatic rings. The van der Waals surface area contributed by atoms with E-state index < -0.39 is 0 Å². The van der Waals surface area contributed by atoms with Crippen molar-refractivity contribution < 1.29 is 4.42 Å². The van der Waals surface area contributed by atoms with Crippen LogP contribution in [-0.2, 0) is 0 Å².